The Kier molecular flexibility index (Phi) is 6.00. The normalized spacial score (nSPS) is 14.4. The third kappa shape index (κ3) is 4.32. The van der Waals surface area contributed by atoms with Crippen molar-refractivity contribution in [2.45, 2.75) is 39.2 Å². The largest absolute Gasteiger partial charge is 0.497 e. The lowest BCUT2D eigenvalue weighted by Gasteiger charge is -2.20. The molecule has 0 saturated heterocycles. The molecule has 2 N–H and O–H groups in total. The highest BCUT2D eigenvalue weighted by Crippen LogP contribution is 2.25. The number of halogens is 1. The lowest BCUT2D eigenvalue weighted by Crippen LogP contribution is -2.30. The Morgan fingerprint density at radius 2 is 2.12 bits per heavy atom. The Balaban J connectivity index is 2.73. The van der Waals surface area contributed by atoms with Gasteiger partial charge in [-0.25, -0.2) is 0 Å². The van der Waals surface area contributed by atoms with Crippen molar-refractivity contribution in [3.8, 4) is 5.75 Å². The Morgan fingerprint density at radius 3 is 2.71 bits per heavy atom. The SMILES string of the molecule is CCCC(C)C(N)Cc1cc(OC)ccc1Br. The third-order valence-corrected chi connectivity index (χ3v) is 3.96. The van der Waals surface area contributed by atoms with Crippen molar-refractivity contribution >= 4 is 15.9 Å². The summed E-state index contributed by atoms with van der Waals surface area (Å²) in [6, 6.07) is 6.24. The molecule has 0 radical (unpaired) electrons. The highest BCUT2D eigenvalue weighted by Gasteiger charge is 2.14. The van der Waals surface area contributed by atoms with Crippen LogP contribution in [0.2, 0.25) is 0 Å². The van der Waals surface area contributed by atoms with E-state index in [2.05, 4.69) is 35.8 Å². The molecule has 1 aromatic carbocycles. The fourth-order valence-electron chi connectivity index (χ4n) is 1.96. The monoisotopic (exact) mass is 299 g/mol. The van der Waals surface area contributed by atoms with Gasteiger partial charge in [-0.2, -0.15) is 0 Å². The van der Waals surface area contributed by atoms with Gasteiger partial charge in [0.05, 0.1) is 7.11 Å². The summed E-state index contributed by atoms with van der Waals surface area (Å²) in [6.45, 7) is 4.42. The second-order valence-corrected chi connectivity index (χ2v) is 5.45. The summed E-state index contributed by atoms with van der Waals surface area (Å²) >= 11 is 3.57. The van der Waals surface area contributed by atoms with Crippen LogP contribution in [-0.4, -0.2) is 13.2 Å². The van der Waals surface area contributed by atoms with Gasteiger partial charge in [-0.1, -0.05) is 36.2 Å². The zero-order chi connectivity index (χ0) is 12.8. The van der Waals surface area contributed by atoms with E-state index >= 15 is 0 Å². The second kappa shape index (κ2) is 7.02. The van der Waals surface area contributed by atoms with Gasteiger partial charge in [-0.3, -0.25) is 0 Å². The molecule has 0 aliphatic carbocycles. The number of benzene rings is 1. The lowest BCUT2D eigenvalue weighted by atomic mass is 9.92. The van der Waals surface area contributed by atoms with Gasteiger partial charge in [0.2, 0.25) is 0 Å². The fourth-order valence-corrected chi connectivity index (χ4v) is 2.37. The van der Waals surface area contributed by atoms with Crippen LogP contribution in [0.5, 0.6) is 5.75 Å². The van der Waals surface area contributed by atoms with Crippen LogP contribution in [0.3, 0.4) is 0 Å². The predicted octanol–water partition coefficient (Wildman–Crippen LogP) is 3.76. The average molecular weight is 300 g/mol. The van der Waals surface area contributed by atoms with Gasteiger partial charge >= 0.3 is 0 Å². The first-order chi connectivity index (χ1) is 8.08. The van der Waals surface area contributed by atoms with Crippen LogP contribution in [0.4, 0.5) is 0 Å². The zero-order valence-corrected chi connectivity index (χ0v) is 12.5. The Morgan fingerprint density at radius 1 is 1.41 bits per heavy atom. The van der Waals surface area contributed by atoms with Crippen molar-refractivity contribution in [3.05, 3.63) is 28.2 Å². The second-order valence-electron chi connectivity index (χ2n) is 4.59. The van der Waals surface area contributed by atoms with E-state index in [9.17, 15) is 0 Å². The van der Waals surface area contributed by atoms with Crippen LogP contribution in [0.15, 0.2) is 22.7 Å². The van der Waals surface area contributed by atoms with E-state index in [0.29, 0.717) is 5.92 Å². The summed E-state index contributed by atoms with van der Waals surface area (Å²) in [5.41, 5.74) is 7.46. The van der Waals surface area contributed by atoms with Crippen molar-refractivity contribution in [3.63, 3.8) is 0 Å². The summed E-state index contributed by atoms with van der Waals surface area (Å²) in [5, 5.41) is 0. The van der Waals surface area contributed by atoms with Crippen molar-refractivity contribution in [1.82, 2.24) is 0 Å². The van der Waals surface area contributed by atoms with Crippen LogP contribution in [0.25, 0.3) is 0 Å². The van der Waals surface area contributed by atoms with Gasteiger partial charge in [-0.05, 0) is 42.5 Å². The summed E-state index contributed by atoms with van der Waals surface area (Å²) in [4.78, 5) is 0. The van der Waals surface area contributed by atoms with Crippen molar-refractivity contribution in [2.24, 2.45) is 11.7 Å². The maximum Gasteiger partial charge on any atom is 0.119 e. The first-order valence-corrected chi connectivity index (χ1v) is 6.95. The van der Waals surface area contributed by atoms with Crippen LogP contribution in [0, 0.1) is 5.92 Å². The standard InChI is InChI=1S/C14H22BrNO/c1-4-5-10(2)14(16)9-11-8-12(17-3)6-7-13(11)15/h6-8,10,14H,4-5,9,16H2,1-3H3. The smallest absolute Gasteiger partial charge is 0.119 e. The molecule has 0 aromatic heterocycles. The molecule has 1 rings (SSSR count). The summed E-state index contributed by atoms with van der Waals surface area (Å²) in [5.74, 6) is 1.44. The molecule has 0 aliphatic rings. The number of ether oxygens (including phenoxy) is 1. The molecule has 0 aliphatic heterocycles. The fraction of sp³-hybridized carbons (Fsp3) is 0.571. The molecule has 17 heavy (non-hydrogen) atoms. The molecule has 0 spiro atoms. The minimum absolute atomic E-state index is 0.207. The number of methoxy groups -OCH3 is 1. The van der Waals surface area contributed by atoms with E-state index < -0.39 is 0 Å². The Bertz CT molecular complexity index is 354. The molecule has 1 aromatic rings. The van der Waals surface area contributed by atoms with Crippen molar-refractivity contribution in [1.29, 1.82) is 0 Å². The number of rotatable bonds is 6. The lowest BCUT2D eigenvalue weighted by molar-refractivity contribution is 0.408. The highest BCUT2D eigenvalue weighted by molar-refractivity contribution is 9.10. The van der Waals surface area contributed by atoms with E-state index in [1.54, 1.807) is 7.11 Å². The maximum absolute atomic E-state index is 6.23. The number of nitrogens with two attached hydrogens (primary N) is 1. The Hall–Kier alpha value is -0.540. The molecule has 0 saturated carbocycles. The Labute approximate surface area is 113 Å². The van der Waals surface area contributed by atoms with Gasteiger partial charge in [-0.15, -0.1) is 0 Å². The van der Waals surface area contributed by atoms with Gasteiger partial charge in [0.1, 0.15) is 5.75 Å². The molecular formula is C14H22BrNO. The molecule has 96 valence electrons. The van der Waals surface area contributed by atoms with Gasteiger partial charge in [0, 0.05) is 10.5 Å². The first-order valence-electron chi connectivity index (χ1n) is 6.16. The highest BCUT2D eigenvalue weighted by atomic mass is 79.9. The molecular weight excluding hydrogens is 278 g/mol. The molecule has 0 bridgehead atoms. The van der Waals surface area contributed by atoms with Gasteiger partial charge in [0.15, 0.2) is 0 Å². The van der Waals surface area contributed by atoms with E-state index in [4.69, 9.17) is 10.5 Å². The molecule has 0 heterocycles. The number of hydrogen-bond acceptors (Lipinski definition) is 2. The minimum Gasteiger partial charge on any atom is -0.497 e. The van der Waals surface area contributed by atoms with Crippen LogP contribution >= 0.6 is 15.9 Å². The average Bonchev–Trinajstić information content (AvgIpc) is 2.32. The minimum atomic E-state index is 0.207. The van der Waals surface area contributed by atoms with E-state index in [1.165, 1.54) is 18.4 Å². The zero-order valence-electron chi connectivity index (χ0n) is 10.9. The molecule has 2 nitrogen and oxygen atoms in total. The topological polar surface area (TPSA) is 35.2 Å². The summed E-state index contributed by atoms with van der Waals surface area (Å²) in [7, 11) is 1.69. The number of hydrogen-bond donors (Lipinski definition) is 1. The first kappa shape index (κ1) is 14.5. The van der Waals surface area contributed by atoms with Gasteiger partial charge < -0.3 is 10.5 Å². The van der Waals surface area contributed by atoms with E-state index in [0.717, 1.165) is 16.6 Å². The molecule has 0 fully saturated rings. The third-order valence-electron chi connectivity index (χ3n) is 3.18. The molecule has 3 heteroatoms. The predicted molar refractivity (Wildman–Crippen MR) is 76.4 cm³/mol. The summed E-state index contributed by atoms with van der Waals surface area (Å²) in [6.07, 6.45) is 3.26. The van der Waals surface area contributed by atoms with E-state index in [1.807, 2.05) is 12.1 Å². The van der Waals surface area contributed by atoms with Crippen molar-refractivity contribution in [2.75, 3.05) is 7.11 Å². The molecule has 2 unspecified atom stereocenters. The van der Waals surface area contributed by atoms with Crippen LogP contribution in [0.1, 0.15) is 32.3 Å². The van der Waals surface area contributed by atoms with Crippen molar-refractivity contribution < 1.29 is 4.74 Å². The quantitative estimate of drug-likeness (QED) is 0.868. The summed E-state index contributed by atoms with van der Waals surface area (Å²) < 4.78 is 6.35. The van der Waals surface area contributed by atoms with Crippen LogP contribution < -0.4 is 10.5 Å². The van der Waals surface area contributed by atoms with E-state index in [-0.39, 0.29) is 6.04 Å². The van der Waals surface area contributed by atoms with Gasteiger partial charge in [0.25, 0.3) is 0 Å². The maximum atomic E-state index is 6.23. The molecule has 0 amide bonds. The van der Waals surface area contributed by atoms with Crippen LogP contribution in [-0.2, 0) is 6.42 Å². The molecule has 2 atom stereocenters.